The van der Waals surface area contributed by atoms with E-state index in [0.29, 0.717) is 5.75 Å². The van der Waals surface area contributed by atoms with Gasteiger partial charge in [-0.2, -0.15) is 4.31 Å². The van der Waals surface area contributed by atoms with Crippen LogP contribution < -0.4 is 16.4 Å². The van der Waals surface area contributed by atoms with E-state index in [-0.39, 0.29) is 41.6 Å². The van der Waals surface area contributed by atoms with Crippen LogP contribution in [0.15, 0.2) is 24.8 Å². The molecule has 3 heterocycles. The Hall–Kier alpha value is -2.70. The van der Waals surface area contributed by atoms with Gasteiger partial charge in [-0.05, 0) is 18.9 Å². The Morgan fingerprint density at radius 2 is 1.36 bits per heavy atom. The number of thioether (sulfide) groups is 1. The Kier molecular flexibility index (Phi) is 31.1. The van der Waals surface area contributed by atoms with Gasteiger partial charge in [0.05, 0.1) is 19.5 Å². The lowest BCUT2D eigenvalue weighted by Gasteiger charge is -2.30. The lowest BCUT2D eigenvalue weighted by molar-refractivity contribution is -0.137. The van der Waals surface area contributed by atoms with Crippen LogP contribution >= 0.6 is 35.2 Å². The summed E-state index contributed by atoms with van der Waals surface area (Å²) in [5.41, 5.74) is 4.29. The van der Waals surface area contributed by atoms with Crippen LogP contribution in [-0.2, 0) is 50.7 Å². The van der Waals surface area contributed by atoms with E-state index in [1.807, 2.05) is 6.08 Å². The Balaban J connectivity index is 1.21. The number of carbonyl (C=O) groups excluding carboxylic acids is 3. The molecule has 0 spiro atoms. The van der Waals surface area contributed by atoms with Crippen molar-refractivity contribution in [2.75, 3.05) is 37.8 Å². The maximum Gasteiger partial charge on any atom is 0.481 e. The zero-order valence-corrected chi connectivity index (χ0v) is 47.3. The van der Waals surface area contributed by atoms with Crippen molar-refractivity contribution in [1.82, 2.24) is 30.2 Å². The van der Waals surface area contributed by atoms with Crippen LogP contribution in [0.5, 0.6) is 0 Å². The summed E-state index contributed by atoms with van der Waals surface area (Å²) < 4.78 is 62.5. The number of aromatic nitrogens is 4. The van der Waals surface area contributed by atoms with Crippen LogP contribution in [0.2, 0.25) is 0 Å². The first-order valence-electron chi connectivity index (χ1n) is 26.3. The molecule has 0 radical (unpaired) electrons. The third-order valence-corrected chi connectivity index (χ3v) is 16.4. The molecule has 2 unspecified atom stereocenters. The van der Waals surface area contributed by atoms with E-state index < -0.39 is 84.6 Å². The summed E-state index contributed by atoms with van der Waals surface area (Å²) in [5.74, 6) is -1.09. The van der Waals surface area contributed by atoms with Crippen molar-refractivity contribution < 1.29 is 80.5 Å². The highest BCUT2D eigenvalue weighted by Crippen LogP contribution is 2.61. The second-order valence-electron chi connectivity index (χ2n) is 19.5. The third-order valence-electron chi connectivity index (χ3n) is 12.5. The van der Waals surface area contributed by atoms with E-state index in [2.05, 4.69) is 41.3 Å². The van der Waals surface area contributed by atoms with Crippen molar-refractivity contribution in [3.63, 3.8) is 0 Å². The number of hydrogen-bond donors (Lipinski definition) is 9. The fourth-order valence-electron chi connectivity index (χ4n) is 8.20. The van der Waals surface area contributed by atoms with Crippen molar-refractivity contribution in [2.45, 2.75) is 199 Å². The third kappa shape index (κ3) is 27.2. The van der Waals surface area contributed by atoms with Gasteiger partial charge in [0.15, 0.2) is 17.7 Å². The zero-order valence-electron chi connectivity index (χ0n) is 43.8. The van der Waals surface area contributed by atoms with E-state index in [9.17, 15) is 57.9 Å². The largest absolute Gasteiger partial charge is 0.481 e. The number of phosphoric acid groups is 3. The Labute approximate surface area is 445 Å². The molecule has 1 saturated heterocycles. The van der Waals surface area contributed by atoms with Crippen LogP contribution in [0, 0.1) is 5.41 Å². The summed E-state index contributed by atoms with van der Waals surface area (Å²) in [5, 5.41) is 26.5. The number of amides is 2. The van der Waals surface area contributed by atoms with Gasteiger partial charge in [0, 0.05) is 30.7 Å². The van der Waals surface area contributed by atoms with Crippen LogP contribution in [-0.4, -0.2) is 123 Å². The highest BCUT2D eigenvalue weighted by Gasteiger charge is 2.50. The molecule has 24 nitrogen and oxygen atoms in total. The molecule has 0 aromatic carbocycles. The van der Waals surface area contributed by atoms with Gasteiger partial charge in [-0.3, -0.25) is 32.5 Å². The number of fused-ring (bicyclic) bond motifs is 1. The van der Waals surface area contributed by atoms with Gasteiger partial charge in [-0.25, -0.2) is 28.6 Å². The standard InChI is InChI=1S/C47H84N7O17P3S/c1-4-5-6-7-8-9-10-11-12-13-14-15-16-17-18-19-20-21-22-23-24-25-26-27-38(56)75-31-30-49-37(55)28-29-50-45(59)42(58)47(2,3)33-68-74(65,66)71-73(63,64)67-32-36-41(70-72(60,61)62)40(57)46(69-36)54-35-53-39-43(48)51-34-52-44(39)54/h26-27,34-36,40-42,46,57-58H,4-25,28-33H2,1-3H3,(H,49,55)(H,50,59)(H,63,64)(H,65,66)(H2,48,51,52)(H2,60,61,62)/b27-26+/t36-,40-,41-,42+,46-/m1/s1. The normalized spacial score (nSPS) is 19.3. The van der Waals surface area contributed by atoms with E-state index >= 15 is 0 Å². The summed E-state index contributed by atoms with van der Waals surface area (Å²) in [6.07, 6.45) is 25.4. The fourth-order valence-corrected chi connectivity index (χ4v) is 11.6. The Bertz CT molecular complexity index is 2190. The molecular weight excluding hydrogens is 1060 g/mol. The molecule has 28 heteroatoms. The van der Waals surface area contributed by atoms with Crippen molar-refractivity contribution in [1.29, 1.82) is 0 Å². The molecule has 0 saturated carbocycles. The number of hydrogen-bond acceptors (Lipinski definition) is 18. The van der Waals surface area contributed by atoms with Crippen molar-refractivity contribution in [2.24, 2.45) is 5.41 Å². The number of ether oxygens (including phenoxy) is 1. The van der Waals surface area contributed by atoms with Gasteiger partial charge in [-0.15, -0.1) is 0 Å². The van der Waals surface area contributed by atoms with Gasteiger partial charge in [0.1, 0.15) is 36.3 Å². The number of anilines is 1. The molecule has 2 aromatic rings. The van der Waals surface area contributed by atoms with Crippen LogP contribution in [0.3, 0.4) is 0 Å². The predicted octanol–water partition coefficient (Wildman–Crippen LogP) is 7.82. The van der Waals surface area contributed by atoms with Gasteiger partial charge >= 0.3 is 23.5 Å². The first-order chi connectivity index (χ1) is 35.6. The van der Waals surface area contributed by atoms with Crippen molar-refractivity contribution >= 4 is 69.1 Å². The van der Waals surface area contributed by atoms with E-state index in [1.54, 1.807) is 6.08 Å². The molecule has 1 aliphatic heterocycles. The van der Waals surface area contributed by atoms with Crippen molar-refractivity contribution in [3.8, 4) is 0 Å². The smallest absolute Gasteiger partial charge is 0.386 e. The average molecular weight is 1140 g/mol. The lowest BCUT2D eigenvalue weighted by Crippen LogP contribution is -2.46. The van der Waals surface area contributed by atoms with E-state index in [4.69, 9.17) is 19.5 Å². The lowest BCUT2D eigenvalue weighted by atomic mass is 9.87. The highest BCUT2D eigenvalue weighted by atomic mass is 32.2. The zero-order chi connectivity index (χ0) is 55.3. The monoisotopic (exact) mass is 1140 g/mol. The molecule has 2 aromatic heterocycles. The molecule has 1 fully saturated rings. The number of allylic oxidation sites excluding steroid dienone is 1. The SMILES string of the molecule is CCCCCCCCCCCCCCCCCCCCCCC/C=C/C(=O)SCCNC(=O)CCNC(=O)[C@H](O)C(C)(C)COP(=O)(O)OP(=O)(O)OC[C@H]1O[C@@H](n2cnc3c(N)ncnc32)[C@H](O)[C@@H]1OP(=O)(O)O. The number of nitrogens with one attached hydrogen (secondary N) is 2. The minimum absolute atomic E-state index is 0.0332. The van der Waals surface area contributed by atoms with Crippen LogP contribution in [0.4, 0.5) is 5.82 Å². The predicted molar refractivity (Wildman–Crippen MR) is 283 cm³/mol. The average Bonchev–Trinajstić information content (AvgIpc) is 3.91. The summed E-state index contributed by atoms with van der Waals surface area (Å²) in [4.78, 5) is 88.5. The second kappa shape index (κ2) is 35.0. The highest BCUT2D eigenvalue weighted by molar-refractivity contribution is 8.14. The first-order valence-corrected chi connectivity index (χ1v) is 31.8. The summed E-state index contributed by atoms with van der Waals surface area (Å²) in [6, 6.07) is 0. The molecule has 0 aliphatic carbocycles. The molecule has 2 amide bonds. The van der Waals surface area contributed by atoms with Crippen LogP contribution in [0.25, 0.3) is 11.2 Å². The van der Waals surface area contributed by atoms with Gasteiger partial charge in [0.2, 0.25) is 16.9 Å². The molecule has 3 rings (SSSR count). The number of aliphatic hydroxyl groups excluding tert-OH is 2. The maximum absolute atomic E-state index is 12.8. The van der Waals surface area contributed by atoms with Crippen molar-refractivity contribution in [3.05, 3.63) is 24.8 Å². The minimum atomic E-state index is -5.58. The summed E-state index contributed by atoms with van der Waals surface area (Å²) in [6.45, 7) is 2.80. The van der Waals surface area contributed by atoms with Gasteiger partial charge in [0.25, 0.3) is 0 Å². The molecule has 7 atom stereocenters. The topological polar surface area (TPSA) is 364 Å². The fraction of sp³-hybridized carbons (Fsp3) is 0.787. The van der Waals surface area contributed by atoms with Gasteiger partial charge in [-0.1, -0.05) is 167 Å². The second-order valence-corrected chi connectivity index (χ2v) is 24.8. The molecule has 75 heavy (non-hydrogen) atoms. The molecule has 1 aliphatic rings. The number of unbranched alkanes of at least 4 members (excludes halogenated alkanes) is 21. The number of nitrogens with two attached hydrogens (primary N) is 1. The number of rotatable bonds is 42. The van der Waals surface area contributed by atoms with Crippen LogP contribution in [0.1, 0.15) is 175 Å². The quantitative estimate of drug-likeness (QED) is 0.0174. The van der Waals surface area contributed by atoms with Gasteiger partial charge < -0.3 is 50.9 Å². The molecular formula is C47H84N7O17P3S. The first kappa shape index (κ1) is 66.6. The minimum Gasteiger partial charge on any atom is -0.386 e. The number of aliphatic hydroxyl groups is 2. The number of carbonyl (C=O) groups is 3. The summed E-state index contributed by atoms with van der Waals surface area (Å²) >= 11 is 1.08. The van der Waals surface area contributed by atoms with E-state index in [0.717, 1.165) is 48.2 Å². The maximum atomic E-state index is 12.8. The number of imidazole rings is 1. The molecule has 0 bridgehead atoms. The Morgan fingerprint density at radius 3 is 1.92 bits per heavy atom. The molecule has 10 N–H and O–H groups in total. The molecule has 430 valence electrons. The van der Waals surface area contributed by atoms with E-state index in [1.165, 1.54) is 136 Å². The summed E-state index contributed by atoms with van der Waals surface area (Å²) in [7, 11) is -16.4. The Morgan fingerprint density at radius 1 is 0.813 bits per heavy atom. The number of nitrogen functional groups attached to an aromatic ring is 1. The number of phosphoric ester groups is 3. The number of nitrogens with zero attached hydrogens (tertiary/aromatic N) is 4.